The van der Waals surface area contributed by atoms with Gasteiger partial charge in [0.1, 0.15) is 5.01 Å². The summed E-state index contributed by atoms with van der Waals surface area (Å²) in [6.07, 6.45) is 0.458. The third-order valence-electron chi connectivity index (χ3n) is 1.68. The van der Waals surface area contributed by atoms with E-state index in [1.807, 2.05) is 24.3 Å². The molecule has 2 aromatic rings. The van der Waals surface area contributed by atoms with Gasteiger partial charge in [-0.25, -0.2) is 4.98 Å². The van der Waals surface area contributed by atoms with Crippen molar-refractivity contribution in [2.75, 3.05) is 0 Å². The molecule has 0 saturated heterocycles. The minimum Gasteiger partial charge on any atom is -0.387 e. The Kier molecular flexibility index (Phi) is 1.98. The topological polar surface area (TPSA) is 62.8 Å². The Labute approximate surface area is 79.7 Å². The van der Waals surface area contributed by atoms with Gasteiger partial charge in [0.25, 0.3) is 0 Å². The number of aromatic nitrogens is 1. The number of thiazole rings is 1. The molecule has 0 aliphatic carbocycles. The van der Waals surface area contributed by atoms with Crippen LogP contribution >= 0.6 is 11.3 Å². The van der Waals surface area contributed by atoms with Crippen LogP contribution in [0, 0.1) is 5.41 Å². The lowest BCUT2D eigenvalue weighted by molar-refractivity contribution is 1.21. The number of amidine groups is 1. The number of nitrogens with zero attached hydrogens (tertiary/aromatic N) is 1. The first-order chi connectivity index (χ1) is 6.25. The van der Waals surface area contributed by atoms with E-state index < -0.39 is 0 Å². The van der Waals surface area contributed by atoms with E-state index in [-0.39, 0.29) is 5.84 Å². The number of nitrogens with two attached hydrogens (primary N) is 1. The second-order valence-electron chi connectivity index (χ2n) is 2.78. The van der Waals surface area contributed by atoms with Crippen LogP contribution in [0.15, 0.2) is 24.3 Å². The predicted molar refractivity (Wildman–Crippen MR) is 55.2 cm³/mol. The van der Waals surface area contributed by atoms with Gasteiger partial charge in [-0.1, -0.05) is 12.1 Å². The molecule has 0 fully saturated rings. The molecule has 13 heavy (non-hydrogen) atoms. The molecule has 0 aliphatic rings. The van der Waals surface area contributed by atoms with E-state index in [1.165, 1.54) is 0 Å². The van der Waals surface area contributed by atoms with Crippen LogP contribution < -0.4 is 5.73 Å². The molecule has 0 bridgehead atoms. The van der Waals surface area contributed by atoms with Gasteiger partial charge in [-0.2, -0.15) is 0 Å². The predicted octanol–water partition coefficient (Wildman–Crippen LogP) is 1.77. The summed E-state index contributed by atoms with van der Waals surface area (Å²) in [5.74, 6) is 0.166. The van der Waals surface area contributed by atoms with Crippen molar-refractivity contribution in [2.24, 2.45) is 5.73 Å². The summed E-state index contributed by atoms with van der Waals surface area (Å²) in [4.78, 5) is 4.35. The molecule has 0 amide bonds. The Balaban J connectivity index is 2.44. The van der Waals surface area contributed by atoms with Crippen molar-refractivity contribution in [1.29, 1.82) is 5.41 Å². The summed E-state index contributed by atoms with van der Waals surface area (Å²) in [5.41, 5.74) is 6.29. The van der Waals surface area contributed by atoms with Gasteiger partial charge in [-0.15, -0.1) is 11.3 Å². The molecule has 3 nitrogen and oxygen atoms in total. The van der Waals surface area contributed by atoms with E-state index in [1.54, 1.807) is 11.3 Å². The fourth-order valence-electron chi connectivity index (χ4n) is 1.16. The van der Waals surface area contributed by atoms with E-state index in [4.69, 9.17) is 11.1 Å². The largest absolute Gasteiger partial charge is 0.387 e. The number of para-hydroxylation sites is 1. The normalized spacial score (nSPS) is 10.5. The van der Waals surface area contributed by atoms with Gasteiger partial charge >= 0.3 is 0 Å². The van der Waals surface area contributed by atoms with Crippen LogP contribution in [0.5, 0.6) is 0 Å². The Morgan fingerprint density at radius 1 is 1.46 bits per heavy atom. The Bertz CT molecular complexity index is 414. The molecule has 2 rings (SSSR count). The average Bonchev–Trinajstić information content (AvgIpc) is 2.44. The standard InChI is InChI=1S/C9H9N3S/c10-8(11)5-9-12-6-3-1-2-4-7(6)13-9/h1-4H,5H2,(H3,10,11). The van der Waals surface area contributed by atoms with E-state index >= 15 is 0 Å². The molecule has 0 aliphatic heterocycles. The Morgan fingerprint density at radius 3 is 2.92 bits per heavy atom. The highest BCUT2D eigenvalue weighted by molar-refractivity contribution is 7.18. The van der Waals surface area contributed by atoms with E-state index in [0.717, 1.165) is 15.2 Å². The van der Waals surface area contributed by atoms with Gasteiger partial charge in [0, 0.05) is 0 Å². The van der Waals surface area contributed by atoms with Crippen molar-refractivity contribution >= 4 is 27.4 Å². The second-order valence-corrected chi connectivity index (χ2v) is 3.89. The van der Waals surface area contributed by atoms with Crippen LogP contribution in [-0.2, 0) is 6.42 Å². The van der Waals surface area contributed by atoms with Gasteiger partial charge in [0.2, 0.25) is 0 Å². The lowest BCUT2D eigenvalue weighted by Crippen LogP contribution is -2.12. The van der Waals surface area contributed by atoms with E-state index in [2.05, 4.69) is 4.98 Å². The molecule has 0 saturated carbocycles. The van der Waals surface area contributed by atoms with Crippen LogP contribution in [0.2, 0.25) is 0 Å². The van der Waals surface area contributed by atoms with Crippen LogP contribution in [-0.4, -0.2) is 10.8 Å². The molecule has 3 N–H and O–H groups in total. The minimum atomic E-state index is 0.166. The van der Waals surface area contributed by atoms with Crippen molar-refractivity contribution in [1.82, 2.24) is 4.98 Å². The SMILES string of the molecule is N=C(N)Cc1nc2ccccc2s1. The maximum Gasteiger partial charge on any atom is 0.101 e. The number of hydrogen-bond acceptors (Lipinski definition) is 3. The first kappa shape index (κ1) is 8.19. The van der Waals surface area contributed by atoms with E-state index in [0.29, 0.717) is 6.42 Å². The summed E-state index contributed by atoms with van der Waals surface area (Å²) in [6.45, 7) is 0. The zero-order chi connectivity index (χ0) is 9.26. The summed E-state index contributed by atoms with van der Waals surface area (Å²) in [6, 6.07) is 7.93. The minimum absolute atomic E-state index is 0.166. The van der Waals surface area contributed by atoms with Gasteiger partial charge in [-0.3, -0.25) is 5.41 Å². The maximum atomic E-state index is 7.15. The number of nitrogens with one attached hydrogen (secondary N) is 1. The van der Waals surface area contributed by atoms with Crippen LogP contribution in [0.4, 0.5) is 0 Å². The lowest BCUT2D eigenvalue weighted by atomic mass is 10.3. The summed E-state index contributed by atoms with van der Waals surface area (Å²) in [5, 5.41) is 8.06. The van der Waals surface area contributed by atoms with Gasteiger partial charge in [0.15, 0.2) is 0 Å². The molecule has 0 atom stereocenters. The van der Waals surface area contributed by atoms with Crippen molar-refractivity contribution in [3.8, 4) is 0 Å². The second kappa shape index (κ2) is 3.14. The molecule has 0 unspecified atom stereocenters. The summed E-state index contributed by atoms with van der Waals surface area (Å²) < 4.78 is 1.15. The van der Waals surface area contributed by atoms with Gasteiger partial charge in [0.05, 0.1) is 22.5 Å². The molecular weight excluding hydrogens is 182 g/mol. The summed E-state index contributed by atoms with van der Waals surface area (Å²) >= 11 is 1.59. The highest BCUT2D eigenvalue weighted by Crippen LogP contribution is 2.21. The fourth-order valence-corrected chi connectivity index (χ4v) is 2.15. The number of rotatable bonds is 2. The average molecular weight is 191 g/mol. The zero-order valence-corrected chi connectivity index (χ0v) is 7.77. The van der Waals surface area contributed by atoms with Crippen LogP contribution in [0.25, 0.3) is 10.2 Å². The first-order valence-corrected chi connectivity index (χ1v) is 4.75. The van der Waals surface area contributed by atoms with E-state index in [9.17, 15) is 0 Å². The smallest absolute Gasteiger partial charge is 0.101 e. The molecular formula is C9H9N3S. The van der Waals surface area contributed by atoms with Crippen molar-refractivity contribution in [3.05, 3.63) is 29.3 Å². The quantitative estimate of drug-likeness (QED) is 0.561. The maximum absolute atomic E-state index is 7.15. The highest BCUT2D eigenvalue weighted by atomic mass is 32.1. The van der Waals surface area contributed by atoms with Crippen LogP contribution in [0.1, 0.15) is 5.01 Å². The Hall–Kier alpha value is -1.42. The monoisotopic (exact) mass is 191 g/mol. The molecule has 1 aromatic heterocycles. The molecule has 66 valence electrons. The van der Waals surface area contributed by atoms with Crippen molar-refractivity contribution in [3.63, 3.8) is 0 Å². The first-order valence-electron chi connectivity index (χ1n) is 3.93. The third-order valence-corrected chi connectivity index (χ3v) is 2.72. The summed E-state index contributed by atoms with van der Waals surface area (Å²) in [7, 11) is 0. The molecule has 1 heterocycles. The number of fused-ring (bicyclic) bond motifs is 1. The Morgan fingerprint density at radius 2 is 2.23 bits per heavy atom. The lowest BCUT2D eigenvalue weighted by Gasteiger charge is -1.89. The van der Waals surface area contributed by atoms with Crippen molar-refractivity contribution in [2.45, 2.75) is 6.42 Å². The third kappa shape index (κ3) is 1.67. The number of hydrogen-bond donors (Lipinski definition) is 2. The van der Waals surface area contributed by atoms with Gasteiger partial charge in [-0.05, 0) is 12.1 Å². The molecule has 0 radical (unpaired) electrons. The molecule has 1 aromatic carbocycles. The fraction of sp³-hybridized carbons (Fsp3) is 0.111. The molecule has 0 spiro atoms. The zero-order valence-electron chi connectivity index (χ0n) is 6.95. The van der Waals surface area contributed by atoms with Crippen LogP contribution in [0.3, 0.4) is 0 Å². The highest BCUT2D eigenvalue weighted by Gasteiger charge is 2.03. The van der Waals surface area contributed by atoms with Gasteiger partial charge < -0.3 is 5.73 Å². The molecule has 4 heteroatoms. The number of benzene rings is 1. The van der Waals surface area contributed by atoms with Crippen molar-refractivity contribution < 1.29 is 0 Å².